The molecule has 4 heteroatoms. The highest BCUT2D eigenvalue weighted by Gasteiger charge is 2.25. The van der Waals surface area contributed by atoms with Crippen LogP contribution in [0.4, 0.5) is 5.69 Å². The number of rotatable bonds is 3. The van der Waals surface area contributed by atoms with Crippen molar-refractivity contribution in [3.8, 4) is 0 Å². The summed E-state index contributed by atoms with van der Waals surface area (Å²) in [6.07, 6.45) is 0.829. The smallest absolute Gasteiger partial charge is 0.303 e. The molecule has 0 unspecified atom stereocenters. The van der Waals surface area contributed by atoms with Crippen molar-refractivity contribution in [1.82, 2.24) is 0 Å². The number of amides is 1. The van der Waals surface area contributed by atoms with Gasteiger partial charge in [-0.2, -0.15) is 0 Å². The van der Waals surface area contributed by atoms with E-state index in [1.807, 2.05) is 25.1 Å². The molecule has 0 radical (unpaired) electrons. The fourth-order valence-corrected chi connectivity index (χ4v) is 2.25. The summed E-state index contributed by atoms with van der Waals surface area (Å²) in [7, 11) is 0. The van der Waals surface area contributed by atoms with Crippen molar-refractivity contribution in [2.45, 2.75) is 26.2 Å². The van der Waals surface area contributed by atoms with E-state index in [0.29, 0.717) is 6.54 Å². The van der Waals surface area contributed by atoms with Gasteiger partial charge in [0.15, 0.2) is 0 Å². The number of para-hydroxylation sites is 1. The summed E-state index contributed by atoms with van der Waals surface area (Å²) in [6.45, 7) is 2.64. The van der Waals surface area contributed by atoms with Crippen LogP contribution in [0.5, 0.6) is 0 Å². The minimum atomic E-state index is -0.928. The predicted octanol–water partition coefficient (Wildman–Crippen LogP) is 1.75. The number of benzene rings is 1. The van der Waals surface area contributed by atoms with Crippen LogP contribution in [0.15, 0.2) is 18.2 Å². The highest BCUT2D eigenvalue weighted by atomic mass is 16.4. The Morgan fingerprint density at radius 2 is 2.12 bits per heavy atom. The third kappa shape index (κ3) is 2.30. The van der Waals surface area contributed by atoms with Crippen molar-refractivity contribution in [1.29, 1.82) is 0 Å². The van der Waals surface area contributed by atoms with Gasteiger partial charge in [-0.15, -0.1) is 0 Å². The molecule has 1 aliphatic rings. The molecule has 17 heavy (non-hydrogen) atoms. The lowest BCUT2D eigenvalue weighted by atomic mass is 10.1. The van der Waals surface area contributed by atoms with Crippen LogP contribution in [0.3, 0.4) is 0 Å². The molecule has 0 bridgehead atoms. The highest BCUT2D eigenvalue weighted by Crippen LogP contribution is 2.31. The molecule has 1 N–H and O–H groups in total. The maximum atomic E-state index is 11.9. The number of nitrogens with zero attached hydrogens (tertiary/aromatic N) is 1. The number of aliphatic carboxylic acids is 1. The molecule has 0 fully saturated rings. The van der Waals surface area contributed by atoms with Gasteiger partial charge < -0.3 is 10.0 Å². The summed E-state index contributed by atoms with van der Waals surface area (Å²) >= 11 is 0. The fraction of sp³-hybridized carbons (Fsp3) is 0.385. The second kappa shape index (κ2) is 4.57. The lowest BCUT2D eigenvalue weighted by molar-refractivity contribution is -0.138. The summed E-state index contributed by atoms with van der Waals surface area (Å²) in [5, 5.41) is 8.58. The van der Waals surface area contributed by atoms with Crippen molar-refractivity contribution < 1.29 is 14.7 Å². The Balaban J connectivity index is 2.16. The van der Waals surface area contributed by atoms with Crippen LogP contribution in [0.2, 0.25) is 0 Å². The lowest BCUT2D eigenvalue weighted by Gasteiger charge is -2.18. The lowest BCUT2D eigenvalue weighted by Crippen LogP contribution is -2.29. The van der Waals surface area contributed by atoms with Gasteiger partial charge in [0.25, 0.3) is 0 Å². The molecule has 0 saturated carbocycles. The van der Waals surface area contributed by atoms with Crippen LogP contribution in [0.1, 0.15) is 24.0 Å². The first-order chi connectivity index (χ1) is 8.09. The minimum absolute atomic E-state index is 0.0725. The summed E-state index contributed by atoms with van der Waals surface area (Å²) in [5.74, 6) is -1.02. The number of hydrogen-bond donors (Lipinski definition) is 1. The first-order valence-electron chi connectivity index (χ1n) is 5.70. The second-order valence-electron chi connectivity index (χ2n) is 4.27. The van der Waals surface area contributed by atoms with E-state index in [1.54, 1.807) is 4.90 Å². The van der Waals surface area contributed by atoms with Gasteiger partial charge in [0.2, 0.25) is 5.91 Å². The Bertz CT molecular complexity index is 468. The number of carboxylic acid groups (broad SMARTS) is 1. The number of hydrogen-bond acceptors (Lipinski definition) is 2. The summed E-state index contributed by atoms with van der Waals surface area (Å²) in [4.78, 5) is 24.1. The van der Waals surface area contributed by atoms with Gasteiger partial charge in [0.1, 0.15) is 0 Å². The largest absolute Gasteiger partial charge is 0.481 e. The topological polar surface area (TPSA) is 57.6 Å². The Hall–Kier alpha value is -1.84. The molecular weight excluding hydrogens is 218 g/mol. The Labute approximate surface area is 99.9 Å². The Morgan fingerprint density at radius 1 is 1.35 bits per heavy atom. The van der Waals surface area contributed by atoms with Crippen molar-refractivity contribution in [2.75, 3.05) is 11.4 Å². The highest BCUT2D eigenvalue weighted by molar-refractivity contribution is 5.97. The van der Waals surface area contributed by atoms with Crippen LogP contribution >= 0.6 is 0 Å². The molecule has 4 nitrogen and oxygen atoms in total. The Kier molecular flexibility index (Phi) is 3.13. The number of carbonyl (C=O) groups excluding carboxylic acids is 1. The monoisotopic (exact) mass is 233 g/mol. The molecule has 1 amide bonds. The van der Waals surface area contributed by atoms with Gasteiger partial charge in [-0.1, -0.05) is 18.2 Å². The van der Waals surface area contributed by atoms with Gasteiger partial charge in [-0.05, 0) is 24.5 Å². The maximum absolute atomic E-state index is 11.9. The number of carboxylic acids is 1. The Morgan fingerprint density at radius 3 is 2.82 bits per heavy atom. The molecular formula is C13H15NO3. The van der Waals surface area contributed by atoms with E-state index in [1.165, 1.54) is 5.56 Å². The maximum Gasteiger partial charge on any atom is 0.303 e. The predicted molar refractivity (Wildman–Crippen MR) is 64.1 cm³/mol. The summed E-state index contributed by atoms with van der Waals surface area (Å²) in [6, 6.07) is 5.98. The van der Waals surface area contributed by atoms with Crippen molar-refractivity contribution in [3.63, 3.8) is 0 Å². The van der Waals surface area contributed by atoms with E-state index in [0.717, 1.165) is 17.7 Å². The number of aryl methyl sites for hydroxylation is 1. The molecule has 0 saturated heterocycles. The van der Waals surface area contributed by atoms with Crippen molar-refractivity contribution >= 4 is 17.6 Å². The van der Waals surface area contributed by atoms with Crippen LogP contribution in [-0.2, 0) is 16.0 Å². The van der Waals surface area contributed by atoms with Crippen LogP contribution in [-0.4, -0.2) is 23.5 Å². The third-order valence-corrected chi connectivity index (χ3v) is 3.05. The zero-order valence-corrected chi connectivity index (χ0v) is 9.77. The molecule has 1 aromatic rings. The molecule has 1 aromatic carbocycles. The van der Waals surface area contributed by atoms with E-state index >= 15 is 0 Å². The fourth-order valence-electron chi connectivity index (χ4n) is 2.25. The summed E-state index contributed by atoms with van der Waals surface area (Å²) in [5.41, 5.74) is 3.22. The van der Waals surface area contributed by atoms with E-state index in [9.17, 15) is 9.59 Å². The zero-order valence-electron chi connectivity index (χ0n) is 9.77. The number of anilines is 1. The van der Waals surface area contributed by atoms with Crippen molar-refractivity contribution in [2.24, 2.45) is 0 Å². The first kappa shape index (κ1) is 11.6. The van der Waals surface area contributed by atoms with Crippen LogP contribution < -0.4 is 4.90 Å². The average molecular weight is 233 g/mol. The van der Waals surface area contributed by atoms with Crippen molar-refractivity contribution in [3.05, 3.63) is 29.3 Å². The van der Waals surface area contributed by atoms with Gasteiger partial charge in [0.05, 0.1) is 6.42 Å². The van der Waals surface area contributed by atoms with E-state index in [-0.39, 0.29) is 18.7 Å². The molecule has 1 aliphatic heterocycles. The van der Waals surface area contributed by atoms with Gasteiger partial charge in [-0.25, -0.2) is 0 Å². The molecule has 0 atom stereocenters. The molecule has 0 aliphatic carbocycles. The van der Waals surface area contributed by atoms with Crippen LogP contribution in [0.25, 0.3) is 0 Å². The second-order valence-corrected chi connectivity index (χ2v) is 4.27. The quantitative estimate of drug-likeness (QED) is 0.865. The number of fused-ring (bicyclic) bond motifs is 1. The first-order valence-corrected chi connectivity index (χ1v) is 5.70. The molecule has 2 rings (SSSR count). The van der Waals surface area contributed by atoms with Crippen LogP contribution in [0, 0.1) is 6.92 Å². The molecule has 0 spiro atoms. The molecule has 0 aromatic heterocycles. The minimum Gasteiger partial charge on any atom is -0.481 e. The normalized spacial score (nSPS) is 13.6. The zero-order chi connectivity index (χ0) is 12.4. The molecule has 1 heterocycles. The van der Waals surface area contributed by atoms with Gasteiger partial charge >= 0.3 is 5.97 Å². The van der Waals surface area contributed by atoms with Gasteiger partial charge in [-0.3, -0.25) is 9.59 Å². The van der Waals surface area contributed by atoms with E-state index in [4.69, 9.17) is 5.11 Å². The van der Waals surface area contributed by atoms with Gasteiger partial charge in [0, 0.05) is 18.7 Å². The molecule has 90 valence electrons. The standard InChI is InChI=1S/C13H15NO3/c1-9-3-2-4-10-7-8-14(13(9)10)11(15)5-6-12(16)17/h2-4H,5-8H2,1H3,(H,16,17). The average Bonchev–Trinajstić information content (AvgIpc) is 2.71. The van der Waals surface area contributed by atoms with E-state index < -0.39 is 5.97 Å². The number of carbonyl (C=O) groups is 2. The SMILES string of the molecule is Cc1cccc2c1N(C(=O)CCC(=O)O)CC2. The third-order valence-electron chi connectivity index (χ3n) is 3.05. The van der Waals surface area contributed by atoms with E-state index in [2.05, 4.69) is 0 Å². The summed E-state index contributed by atoms with van der Waals surface area (Å²) < 4.78 is 0.